The van der Waals surface area contributed by atoms with Gasteiger partial charge in [-0.25, -0.2) is 9.18 Å². The molecule has 0 bridgehead atoms. The average Bonchev–Trinajstić information content (AvgIpc) is 2.30. The molecule has 0 aliphatic rings. The van der Waals surface area contributed by atoms with Gasteiger partial charge in [-0.2, -0.15) is 0 Å². The Labute approximate surface area is 93.9 Å². The first kappa shape index (κ1) is 12.5. The van der Waals surface area contributed by atoms with Gasteiger partial charge in [0.2, 0.25) is 6.17 Å². The molecule has 3 nitrogen and oxygen atoms in total. The minimum Gasteiger partial charge on any atom is -0.497 e. The molecular weight excluding hydrogens is 211 g/mol. The molecule has 0 aromatic heterocycles. The number of benzene rings is 1. The van der Waals surface area contributed by atoms with Gasteiger partial charge in [-0.1, -0.05) is 19.1 Å². The summed E-state index contributed by atoms with van der Waals surface area (Å²) in [5.41, 5.74) is 0.679. The Morgan fingerprint density at radius 2 is 2.00 bits per heavy atom. The van der Waals surface area contributed by atoms with E-state index in [9.17, 15) is 9.18 Å². The Morgan fingerprint density at radius 3 is 2.38 bits per heavy atom. The lowest BCUT2D eigenvalue weighted by Crippen LogP contribution is -2.23. The fourth-order valence-electron chi connectivity index (χ4n) is 1.63. The SMILES string of the molecule is CCC(c1ccc(OC)cc1)C(F)C(=O)O. The second-order valence-electron chi connectivity index (χ2n) is 3.53. The lowest BCUT2D eigenvalue weighted by atomic mass is 9.92. The smallest absolute Gasteiger partial charge is 0.338 e. The zero-order valence-electron chi connectivity index (χ0n) is 9.31. The summed E-state index contributed by atoms with van der Waals surface area (Å²) in [7, 11) is 1.54. The third kappa shape index (κ3) is 2.72. The van der Waals surface area contributed by atoms with Gasteiger partial charge in [-0.05, 0) is 24.1 Å². The van der Waals surface area contributed by atoms with Crippen molar-refractivity contribution in [2.45, 2.75) is 25.4 Å². The topological polar surface area (TPSA) is 46.5 Å². The first-order chi connectivity index (χ1) is 7.60. The molecule has 1 rings (SSSR count). The second-order valence-corrected chi connectivity index (χ2v) is 3.53. The summed E-state index contributed by atoms with van der Waals surface area (Å²) >= 11 is 0. The van der Waals surface area contributed by atoms with Crippen LogP contribution in [0.1, 0.15) is 24.8 Å². The van der Waals surface area contributed by atoms with Crippen molar-refractivity contribution in [3.63, 3.8) is 0 Å². The van der Waals surface area contributed by atoms with Gasteiger partial charge in [-0.15, -0.1) is 0 Å². The number of carboxylic acid groups (broad SMARTS) is 1. The van der Waals surface area contributed by atoms with Crippen molar-refractivity contribution in [1.82, 2.24) is 0 Å². The Hall–Kier alpha value is -1.58. The van der Waals surface area contributed by atoms with E-state index in [0.29, 0.717) is 17.7 Å². The van der Waals surface area contributed by atoms with Gasteiger partial charge in [0.1, 0.15) is 5.75 Å². The summed E-state index contributed by atoms with van der Waals surface area (Å²) < 4.78 is 18.4. The molecule has 88 valence electrons. The lowest BCUT2D eigenvalue weighted by Gasteiger charge is -2.17. The molecule has 0 saturated heterocycles. The van der Waals surface area contributed by atoms with E-state index >= 15 is 0 Å². The summed E-state index contributed by atoms with van der Waals surface area (Å²) in [5.74, 6) is -1.35. The molecule has 0 aliphatic heterocycles. The van der Waals surface area contributed by atoms with Crippen LogP contribution < -0.4 is 4.74 Å². The van der Waals surface area contributed by atoms with Crippen LogP contribution in [0.4, 0.5) is 4.39 Å². The molecular formula is C12H15FO3. The van der Waals surface area contributed by atoms with Crippen LogP contribution in [-0.4, -0.2) is 24.4 Å². The van der Waals surface area contributed by atoms with Crippen molar-refractivity contribution in [3.8, 4) is 5.75 Å². The van der Waals surface area contributed by atoms with E-state index in [1.807, 2.05) is 0 Å². The van der Waals surface area contributed by atoms with E-state index in [0.717, 1.165) is 0 Å². The number of rotatable bonds is 5. The maximum absolute atomic E-state index is 13.4. The highest BCUT2D eigenvalue weighted by molar-refractivity contribution is 5.73. The Morgan fingerprint density at radius 1 is 1.44 bits per heavy atom. The number of carbonyl (C=O) groups is 1. The van der Waals surface area contributed by atoms with E-state index in [1.54, 1.807) is 38.3 Å². The molecule has 1 aromatic rings. The van der Waals surface area contributed by atoms with Crippen molar-refractivity contribution in [2.75, 3.05) is 7.11 Å². The van der Waals surface area contributed by atoms with E-state index in [1.165, 1.54) is 0 Å². The Balaban J connectivity index is 2.90. The third-order valence-corrected chi connectivity index (χ3v) is 2.57. The molecule has 4 heteroatoms. The molecule has 0 saturated carbocycles. The number of aliphatic carboxylic acids is 1. The number of hydrogen-bond donors (Lipinski definition) is 1. The second kappa shape index (κ2) is 5.49. The molecule has 0 spiro atoms. The average molecular weight is 226 g/mol. The molecule has 16 heavy (non-hydrogen) atoms. The zero-order chi connectivity index (χ0) is 12.1. The molecule has 1 aromatic carbocycles. The number of methoxy groups -OCH3 is 1. The van der Waals surface area contributed by atoms with Crippen molar-refractivity contribution in [3.05, 3.63) is 29.8 Å². The molecule has 0 heterocycles. The maximum atomic E-state index is 13.4. The number of carboxylic acids is 1. The number of alkyl halides is 1. The van der Waals surface area contributed by atoms with Gasteiger partial charge in [0.15, 0.2) is 0 Å². The normalized spacial score (nSPS) is 14.2. The third-order valence-electron chi connectivity index (χ3n) is 2.57. The highest BCUT2D eigenvalue weighted by Crippen LogP contribution is 2.27. The first-order valence-corrected chi connectivity index (χ1v) is 5.11. The summed E-state index contributed by atoms with van der Waals surface area (Å²) in [6.45, 7) is 1.77. The van der Waals surface area contributed by atoms with Crippen molar-refractivity contribution in [2.24, 2.45) is 0 Å². The molecule has 2 unspecified atom stereocenters. The predicted octanol–water partition coefficient (Wildman–Crippen LogP) is 2.61. The standard InChI is InChI=1S/C12H15FO3/c1-3-10(11(13)12(14)15)8-4-6-9(16-2)7-5-8/h4-7,10-11H,3H2,1-2H3,(H,14,15). The highest BCUT2D eigenvalue weighted by Gasteiger charge is 2.27. The van der Waals surface area contributed by atoms with E-state index in [4.69, 9.17) is 9.84 Å². The van der Waals surface area contributed by atoms with Crippen LogP contribution in [0.25, 0.3) is 0 Å². The molecule has 0 aliphatic carbocycles. The predicted molar refractivity (Wildman–Crippen MR) is 58.6 cm³/mol. The summed E-state index contributed by atoms with van der Waals surface area (Å²) in [5, 5.41) is 8.65. The molecule has 2 atom stereocenters. The van der Waals surface area contributed by atoms with Gasteiger partial charge < -0.3 is 9.84 Å². The fraction of sp³-hybridized carbons (Fsp3) is 0.417. The minimum absolute atomic E-state index is 0.444. The van der Waals surface area contributed by atoms with Crippen LogP contribution in [0.2, 0.25) is 0 Å². The number of halogens is 1. The lowest BCUT2D eigenvalue weighted by molar-refractivity contribution is -0.143. The van der Waals surface area contributed by atoms with E-state index < -0.39 is 18.1 Å². The van der Waals surface area contributed by atoms with Crippen molar-refractivity contribution < 1.29 is 19.0 Å². The fourth-order valence-corrected chi connectivity index (χ4v) is 1.63. The minimum atomic E-state index is -1.86. The summed E-state index contributed by atoms with van der Waals surface area (Å²) in [4.78, 5) is 10.6. The van der Waals surface area contributed by atoms with Crippen LogP contribution in [0.5, 0.6) is 5.75 Å². The number of ether oxygens (including phenoxy) is 1. The summed E-state index contributed by atoms with van der Waals surface area (Å²) in [6.07, 6.45) is -1.42. The quantitative estimate of drug-likeness (QED) is 0.839. The largest absolute Gasteiger partial charge is 0.497 e. The van der Waals surface area contributed by atoms with E-state index in [-0.39, 0.29) is 0 Å². The summed E-state index contributed by atoms with van der Waals surface area (Å²) in [6, 6.07) is 6.80. The molecule has 0 radical (unpaired) electrons. The molecule has 0 fully saturated rings. The van der Waals surface area contributed by atoms with Gasteiger partial charge >= 0.3 is 5.97 Å². The van der Waals surface area contributed by atoms with Crippen LogP contribution in [0.15, 0.2) is 24.3 Å². The monoisotopic (exact) mass is 226 g/mol. The number of hydrogen-bond acceptors (Lipinski definition) is 2. The van der Waals surface area contributed by atoms with Crippen molar-refractivity contribution in [1.29, 1.82) is 0 Å². The highest BCUT2D eigenvalue weighted by atomic mass is 19.1. The molecule has 1 N–H and O–H groups in total. The Bertz CT molecular complexity index is 348. The van der Waals surface area contributed by atoms with Crippen LogP contribution >= 0.6 is 0 Å². The van der Waals surface area contributed by atoms with Crippen LogP contribution in [-0.2, 0) is 4.79 Å². The Kier molecular flexibility index (Phi) is 4.28. The van der Waals surface area contributed by atoms with E-state index in [2.05, 4.69) is 0 Å². The van der Waals surface area contributed by atoms with Gasteiger partial charge in [-0.3, -0.25) is 0 Å². The molecule has 0 amide bonds. The van der Waals surface area contributed by atoms with Gasteiger partial charge in [0.05, 0.1) is 7.11 Å². The van der Waals surface area contributed by atoms with Gasteiger partial charge in [0.25, 0.3) is 0 Å². The van der Waals surface area contributed by atoms with Crippen LogP contribution in [0.3, 0.4) is 0 Å². The van der Waals surface area contributed by atoms with Gasteiger partial charge in [0, 0.05) is 5.92 Å². The first-order valence-electron chi connectivity index (χ1n) is 5.11. The maximum Gasteiger partial charge on any atom is 0.338 e. The zero-order valence-corrected chi connectivity index (χ0v) is 9.31. The van der Waals surface area contributed by atoms with Crippen molar-refractivity contribution >= 4 is 5.97 Å². The van der Waals surface area contributed by atoms with Crippen LogP contribution in [0, 0.1) is 0 Å².